The van der Waals surface area contributed by atoms with Crippen LogP contribution in [0.3, 0.4) is 0 Å². The van der Waals surface area contributed by atoms with Crippen molar-refractivity contribution in [3.05, 3.63) is 0 Å². The number of aliphatic hydroxyl groups is 1. The van der Waals surface area contributed by atoms with E-state index in [1.54, 1.807) is 0 Å². The largest absolute Gasteiger partial charge is 0.394 e. The predicted octanol–water partition coefficient (Wildman–Crippen LogP) is 2.00. The van der Waals surface area contributed by atoms with E-state index in [2.05, 4.69) is 31.1 Å². The lowest BCUT2D eigenvalue weighted by atomic mass is 9.89. The quantitative estimate of drug-likeness (QED) is 0.649. The Hall–Kier alpha value is -0.120. The molecule has 3 heteroatoms. The molecule has 1 saturated carbocycles. The zero-order valence-corrected chi connectivity index (χ0v) is 11.8. The molecule has 102 valence electrons. The molecule has 0 radical (unpaired) electrons. The van der Waals surface area contributed by atoms with Crippen molar-refractivity contribution < 1.29 is 5.11 Å². The Balaban J connectivity index is 2.25. The van der Waals surface area contributed by atoms with Gasteiger partial charge in [-0.1, -0.05) is 20.3 Å². The maximum absolute atomic E-state index is 9.56. The molecular weight excluding hydrogens is 212 g/mol. The first-order valence-corrected chi connectivity index (χ1v) is 7.23. The summed E-state index contributed by atoms with van der Waals surface area (Å²) in [5.74, 6) is 0. The monoisotopic (exact) mass is 242 g/mol. The average Bonchev–Trinajstić information content (AvgIpc) is 2.25. The Bertz CT molecular complexity index is 200. The number of aliphatic hydroxyl groups excluding tert-OH is 1. The van der Waals surface area contributed by atoms with Crippen LogP contribution in [0.25, 0.3) is 0 Å². The lowest BCUT2D eigenvalue weighted by Crippen LogP contribution is -2.48. The third kappa shape index (κ3) is 4.23. The highest BCUT2D eigenvalue weighted by Gasteiger charge is 2.26. The summed E-state index contributed by atoms with van der Waals surface area (Å²) in [4.78, 5) is 2.49. The fourth-order valence-electron chi connectivity index (χ4n) is 2.69. The summed E-state index contributed by atoms with van der Waals surface area (Å²) < 4.78 is 0. The van der Waals surface area contributed by atoms with Crippen molar-refractivity contribution in [3.63, 3.8) is 0 Å². The average molecular weight is 242 g/mol. The van der Waals surface area contributed by atoms with Gasteiger partial charge in [0.05, 0.1) is 6.61 Å². The van der Waals surface area contributed by atoms with E-state index in [9.17, 15) is 5.11 Å². The van der Waals surface area contributed by atoms with Crippen molar-refractivity contribution in [2.45, 2.75) is 64.0 Å². The maximum atomic E-state index is 9.56. The Morgan fingerprint density at radius 2 is 2.06 bits per heavy atom. The summed E-state index contributed by atoms with van der Waals surface area (Å²) in [6.45, 7) is 6.63. The van der Waals surface area contributed by atoms with E-state index < -0.39 is 0 Å². The number of hydrogen-bond acceptors (Lipinski definition) is 3. The van der Waals surface area contributed by atoms with E-state index in [-0.39, 0.29) is 12.1 Å². The lowest BCUT2D eigenvalue weighted by Gasteiger charge is -2.36. The molecule has 17 heavy (non-hydrogen) atoms. The Kier molecular flexibility index (Phi) is 6.45. The van der Waals surface area contributed by atoms with Gasteiger partial charge in [-0.2, -0.15) is 0 Å². The van der Waals surface area contributed by atoms with Crippen LogP contribution in [-0.4, -0.2) is 48.3 Å². The van der Waals surface area contributed by atoms with Crippen molar-refractivity contribution in [1.29, 1.82) is 0 Å². The number of hydrogen-bond donors (Lipinski definition) is 2. The Labute approximate surface area is 107 Å². The van der Waals surface area contributed by atoms with Gasteiger partial charge in [-0.25, -0.2) is 0 Å². The molecule has 1 unspecified atom stereocenters. The van der Waals surface area contributed by atoms with Gasteiger partial charge in [0.1, 0.15) is 0 Å². The highest BCUT2D eigenvalue weighted by Crippen LogP contribution is 2.24. The summed E-state index contributed by atoms with van der Waals surface area (Å²) in [6.07, 6.45) is 7.41. The molecule has 0 spiro atoms. The fraction of sp³-hybridized carbons (Fsp3) is 1.00. The molecular formula is C14H30N2O. The second-order valence-corrected chi connectivity index (χ2v) is 5.49. The fourth-order valence-corrected chi connectivity index (χ4v) is 2.69. The third-order valence-electron chi connectivity index (χ3n) is 4.40. The van der Waals surface area contributed by atoms with Crippen molar-refractivity contribution in [2.24, 2.45) is 0 Å². The molecule has 2 N–H and O–H groups in total. The molecule has 0 aromatic carbocycles. The summed E-state index contributed by atoms with van der Waals surface area (Å²) in [5.41, 5.74) is -0.0464. The second kappa shape index (κ2) is 7.34. The smallest absolute Gasteiger partial charge is 0.0613 e. The SMILES string of the molecule is CCNC(CC)(CO)CCCN(C)C1CCC1. The standard InChI is InChI=1S/C14H30N2O/c1-4-14(12-17,15-5-2)10-7-11-16(3)13-8-6-9-13/h13,15,17H,4-12H2,1-3H3. The second-order valence-electron chi connectivity index (χ2n) is 5.49. The van der Waals surface area contributed by atoms with Crippen LogP contribution in [0.5, 0.6) is 0 Å². The molecule has 1 rings (SSSR count). The molecule has 0 heterocycles. The first kappa shape index (κ1) is 14.9. The summed E-state index contributed by atoms with van der Waals surface area (Å²) in [5, 5.41) is 13.0. The van der Waals surface area contributed by atoms with Crippen LogP contribution >= 0.6 is 0 Å². The number of rotatable bonds is 9. The highest BCUT2D eigenvalue weighted by atomic mass is 16.3. The van der Waals surface area contributed by atoms with Gasteiger partial charge in [0, 0.05) is 11.6 Å². The van der Waals surface area contributed by atoms with Gasteiger partial charge in [0.25, 0.3) is 0 Å². The van der Waals surface area contributed by atoms with E-state index in [0.29, 0.717) is 0 Å². The van der Waals surface area contributed by atoms with Crippen LogP contribution in [0.4, 0.5) is 0 Å². The maximum Gasteiger partial charge on any atom is 0.0613 e. The molecule has 0 amide bonds. The molecule has 3 nitrogen and oxygen atoms in total. The molecule has 0 saturated heterocycles. The van der Waals surface area contributed by atoms with Crippen LogP contribution in [0.1, 0.15) is 52.4 Å². The van der Waals surface area contributed by atoms with Crippen molar-refractivity contribution in [2.75, 3.05) is 26.7 Å². The minimum Gasteiger partial charge on any atom is -0.394 e. The predicted molar refractivity (Wildman–Crippen MR) is 73.3 cm³/mol. The minimum absolute atomic E-state index is 0.0464. The summed E-state index contributed by atoms with van der Waals surface area (Å²) in [7, 11) is 2.24. The topological polar surface area (TPSA) is 35.5 Å². The van der Waals surface area contributed by atoms with E-state index >= 15 is 0 Å². The van der Waals surface area contributed by atoms with Gasteiger partial charge >= 0.3 is 0 Å². The molecule has 0 bridgehead atoms. The number of nitrogens with one attached hydrogen (secondary N) is 1. The Morgan fingerprint density at radius 3 is 2.47 bits per heavy atom. The lowest BCUT2D eigenvalue weighted by molar-refractivity contribution is 0.125. The van der Waals surface area contributed by atoms with Crippen LogP contribution in [0.15, 0.2) is 0 Å². The normalized spacial score (nSPS) is 20.3. The van der Waals surface area contributed by atoms with E-state index in [1.165, 1.54) is 25.7 Å². The molecule has 0 aliphatic heterocycles. The van der Waals surface area contributed by atoms with Crippen LogP contribution < -0.4 is 5.32 Å². The Morgan fingerprint density at radius 1 is 1.35 bits per heavy atom. The van der Waals surface area contributed by atoms with Crippen LogP contribution in [0.2, 0.25) is 0 Å². The van der Waals surface area contributed by atoms with E-state index in [0.717, 1.165) is 32.0 Å². The molecule has 1 aliphatic rings. The summed E-state index contributed by atoms with van der Waals surface area (Å²) in [6, 6.07) is 0.833. The van der Waals surface area contributed by atoms with Crippen molar-refractivity contribution >= 4 is 0 Å². The summed E-state index contributed by atoms with van der Waals surface area (Å²) >= 11 is 0. The first-order chi connectivity index (χ1) is 8.17. The van der Waals surface area contributed by atoms with Gasteiger partial charge in [-0.15, -0.1) is 0 Å². The van der Waals surface area contributed by atoms with Crippen LogP contribution in [-0.2, 0) is 0 Å². The zero-order valence-electron chi connectivity index (χ0n) is 11.8. The van der Waals surface area contributed by atoms with Gasteiger partial charge in [-0.05, 0) is 52.2 Å². The molecule has 1 atom stereocenters. The molecule has 0 aromatic rings. The number of likely N-dealkylation sites (N-methyl/N-ethyl adjacent to an activating group) is 1. The third-order valence-corrected chi connectivity index (χ3v) is 4.40. The first-order valence-electron chi connectivity index (χ1n) is 7.23. The highest BCUT2D eigenvalue weighted by molar-refractivity contribution is 4.86. The van der Waals surface area contributed by atoms with Gasteiger partial charge in [0.2, 0.25) is 0 Å². The number of nitrogens with zero attached hydrogens (tertiary/aromatic N) is 1. The molecule has 1 fully saturated rings. The van der Waals surface area contributed by atoms with E-state index in [4.69, 9.17) is 0 Å². The van der Waals surface area contributed by atoms with Gasteiger partial charge in [0.15, 0.2) is 0 Å². The van der Waals surface area contributed by atoms with Gasteiger partial charge in [-0.3, -0.25) is 0 Å². The van der Waals surface area contributed by atoms with Crippen LogP contribution in [0, 0.1) is 0 Å². The zero-order chi connectivity index (χ0) is 12.7. The van der Waals surface area contributed by atoms with Crippen molar-refractivity contribution in [3.8, 4) is 0 Å². The molecule has 1 aliphatic carbocycles. The van der Waals surface area contributed by atoms with E-state index in [1.807, 2.05) is 0 Å². The minimum atomic E-state index is -0.0464. The van der Waals surface area contributed by atoms with Gasteiger partial charge < -0.3 is 15.3 Å². The molecule has 0 aromatic heterocycles. The van der Waals surface area contributed by atoms with Crippen molar-refractivity contribution in [1.82, 2.24) is 10.2 Å².